The quantitative estimate of drug-likeness (QED) is 0.642. The Kier molecular flexibility index (Phi) is 6.47. The molecule has 3 nitrogen and oxygen atoms in total. The van der Waals surface area contributed by atoms with Gasteiger partial charge in [0.25, 0.3) is 0 Å². The van der Waals surface area contributed by atoms with Crippen molar-refractivity contribution in [3.63, 3.8) is 0 Å². The number of carboxylic acid groups (broad SMARTS) is 1. The zero-order chi connectivity index (χ0) is 13.3. The third kappa shape index (κ3) is 7.89. The van der Waals surface area contributed by atoms with Crippen LogP contribution in [-0.2, 0) is 10.9 Å². The number of halogens is 3. The third-order valence-electron chi connectivity index (χ3n) is 1.43. The van der Waals surface area contributed by atoms with E-state index in [-0.39, 0.29) is 6.61 Å². The van der Waals surface area contributed by atoms with Crippen LogP contribution >= 0.6 is 0 Å². The molecule has 0 saturated heterocycles. The summed E-state index contributed by atoms with van der Waals surface area (Å²) in [4.78, 5) is 9.49. The predicted molar refractivity (Wildman–Crippen MR) is 55.6 cm³/mol. The van der Waals surface area contributed by atoms with Crippen molar-refractivity contribution >= 4 is 6.16 Å². The highest BCUT2D eigenvalue weighted by atomic mass is 19.4. The lowest BCUT2D eigenvalue weighted by molar-refractivity contribution is -0.137. The fourth-order valence-electron chi connectivity index (χ4n) is 0.757. The normalized spacial score (nSPS) is 9.82. The first-order valence-corrected chi connectivity index (χ1v) is 4.46. The van der Waals surface area contributed by atoms with Crippen LogP contribution in [-0.4, -0.2) is 17.9 Å². The lowest BCUT2D eigenvalue weighted by Crippen LogP contribution is -2.03. The lowest BCUT2D eigenvalue weighted by Gasteiger charge is -2.03. The van der Waals surface area contributed by atoms with Crippen LogP contribution in [0.4, 0.5) is 18.0 Å². The van der Waals surface area contributed by atoms with Crippen LogP contribution in [0, 0.1) is 0 Å². The van der Waals surface area contributed by atoms with Gasteiger partial charge in [0.2, 0.25) is 0 Å². The van der Waals surface area contributed by atoms with Gasteiger partial charge in [0.15, 0.2) is 0 Å². The van der Waals surface area contributed by atoms with Gasteiger partial charge in [-0.15, -0.1) is 0 Å². The van der Waals surface area contributed by atoms with Gasteiger partial charge in [-0.2, -0.15) is 13.2 Å². The fourth-order valence-corrected chi connectivity index (χ4v) is 0.757. The molecule has 0 unspecified atom stereocenters. The van der Waals surface area contributed by atoms with Crippen molar-refractivity contribution < 1.29 is 27.8 Å². The van der Waals surface area contributed by atoms with E-state index in [4.69, 9.17) is 5.11 Å². The summed E-state index contributed by atoms with van der Waals surface area (Å²) in [5.41, 5.74) is -0.602. The van der Waals surface area contributed by atoms with E-state index in [1.54, 1.807) is 6.07 Å². The van der Waals surface area contributed by atoms with E-state index in [1.165, 1.54) is 18.2 Å². The van der Waals surface area contributed by atoms with E-state index >= 15 is 0 Å². The molecule has 0 aliphatic carbocycles. The van der Waals surface area contributed by atoms with Gasteiger partial charge in [-0.25, -0.2) is 4.79 Å². The molecule has 0 fully saturated rings. The van der Waals surface area contributed by atoms with Crippen LogP contribution in [0.3, 0.4) is 0 Å². The molecule has 1 N–H and O–H groups in total. The SMILES string of the molecule is C=CCOC(=O)O.FC(F)(F)c1ccccc1. The highest BCUT2D eigenvalue weighted by Crippen LogP contribution is 2.28. The van der Waals surface area contributed by atoms with E-state index < -0.39 is 17.9 Å². The molecule has 94 valence electrons. The summed E-state index contributed by atoms with van der Waals surface area (Å²) in [6.45, 7) is 3.31. The topological polar surface area (TPSA) is 46.5 Å². The highest BCUT2D eigenvalue weighted by molar-refractivity contribution is 5.56. The zero-order valence-electron chi connectivity index (χ0n) is 8.78. The number of benzene rings is 1. The Morgan fingerprint density at radius 1 is 1.35 bits per heavy atom. The molecule has 1 aromatic carbocycles. The summed E-state index contributed by atoms with van der Waals surface area (Å²) in [5, 5.41) is 7.77. The van der Waals surface area contributed by atoms with Crippen LogP contribution in [0.25, 0.3) is 0 Å². The molecule has 0 bridgehead atoms. The number of alkyl halides is 3. The summed E-state index contributed by atoms with van der Waals surface area (Å²) in [6.07, 6.45) is -4.10. The molecule has 0 heterocycles. The average Bonchev–Trinajstić information content (AvgIpc) is 2.27. The number of rotatable bonds is 2. The van der Waals surface area contributed by atoms with Gasteiger partial charge in [0.05, 0.1) is 5.56 Å². The molecule has 0 saturated carbocycles. The molecule has 17 heavy (non-hydrogen) atoms. The first-order valence-electron chi connectivity index (χ1n) is 4.46. The molecule has 6 heteroatoms. The smallest absolute Gasteiger partial charge is 0.450 e. The van der Waals surface area contributed by atoms with Crippen LogP contribution in [0.1, 0.15) is 5.56 Å². The highest BCUT2D eigenvalue weighted by Gasteiger charge is 2.29. The van der Waals surface area contributed by atoms with Gasteiger partial charge < -0.3 is 9.84 Å². The Bertz CT molecular complexity index is 347. The number of hydrogen-bond donors (Lipinski definition) is 1. The van der Waals surface area contributed by atoms with Crippen molar-refractivity contribution in [1.82, 2.24) is 0 Å². The molecule has 0 aromatic heterocycles. The van der Waals surface area contributed by atoms with Crippen molar-refractivity contribution in [1.29, 1.82) is 0 Å². The largest absolute Gasteiger partial charge is 0.506 e. The standard InChI is InChI=1S/C7H5F3.C4H6O3/c8-7(9,10)6-4-2-1-3-5-6;1-2-3-7-4(5)6/h1-5H;2H,1,3H2,(H,5,6). The maximum atomic E-state index is 11.8. The van der Waals surface area contributed by atoms with Crippen LogP contribution in [0.15, 0.2) is 43.0 Å². The summed E-state index contributed by atoms with van der Waals surface area (Å²) in [7, 11) is 0. The Morgan fingerprint density at radius 3 is 2.12 bits per heavy atom. The number of carbonyl (C=O) groups is 1. The maximum absolute atomic E-state index is 11.8. The average molecular weight is 248 g/mol. The van der Waals surface area contributed by atoms with Crippen LogP contribution in [0.5, 0.6) is 0 Å². The van der Waals surface area contributed by atoms with Crippen LogP contribution in [0.2, 0.25) is 0 Å². The maximum Gasteiger partial charge on any atom is 0.506 e. The van der Waals surface area contributed by atoms with Crippen molar-refractivity contribution in [2.24, 2.45) is 0 Å². The van der Waals surface area contributed by atoms with Crippen molar-refractivity contribution in [2.45, 2.75) is 6.18 Å². The lowest BCUT2D eigenvalue weighted by atomic mass is 10.2. The monoisotopic (exact) mass is 248 g/mol. The van der Waals surface area contributed by atoms with Crippen LogP contribution < -0.4 is 0 Å². The fraction of sp³-hybridized carbons (Fsp3) is 0.182. The minimum atomic E-state index is -4.21. The van der Waals surface area contributed by atoms with E-state index in [0.717, 1.165) is 12.1 Å². The molecule has 0 atom stereocenters. The van der Waals surface area contributed by atoms with E-state index in [2.05, 4.69) is 11.3 Å². The molecule has 1 aromatic rings. The second-order valence-corrected chi connectivity index (χ2v) is 2.73. The van der Waals surface area contributed by atoms with Gasteiger partial charge >= 0.3 is 12.3 Å². The Hall–Kier alpha value is -1.98. The molecule has 0 spiro atoms. The Balaban J connectivity index is 0.000000325. The van der Waals surface area contributed by atoms with Gasteiger partial charge in [0, 0.05) is 0 Å². The molecule has 1 rings (SSSR count). The molecular formula is C11H11F3O3. The number of hydrogen-bond acceptors (Lipinski definition) is 2. The minimum Gasteiger partial charge on any atom is -0.450 e. The van der Waals surface area contributed by atoms with E-state index in [0.29, 0.717) is 0 Å². The van der Waals surface area contributed by atoms with E-state index in [9.17, 15) is 18.0 Å². The Labute approximate surface area is 96.1 Å². The van der Waals surface area contributed by atoms with Crippen molar-refractivity contribution in [3.8, 4) is 0 Å². The number of ether oxygens (including phenoxy) is 1. The first kappa shape index (κ1) is 15.0. The van der Waals surface area contributed by atoms with Crippen molar-refractivity contribution in [2.75, 3.05) is 6.61 Å². The third-order valence-corrected chi connectivity index (χ3v) is 1.43. The summed E-state index contributed by atoms with van der Waals surface area (Å²) >= 11 is 0. The second kappa shape index (κ2) is 7.32. The molecular weight excluding hydrogens is 237 g/mol. The molecule has 0 amide bonds. The summed E-state index contributed by atoms with van der Waals surface area (Å²) < 4.78 is 39.4. The van der Waals surface area contributed by atoms with Crippen molar-refractivity contribution in [3.05, 3.63) is 48.6 Å². The van der Waals surface area contributed by atoms with Gasteiger partial charge in [-0.3, -0.25) is 0 Å². The first-order chi connectivity index (χ1) is 7.88. The molecule has 0 radical (unpaired) electrons. The molecule has 0 aliphatic heterocycles. The van der Waals surface area contributed by atoms with Gasteiger partial charge in [-0.1, -0.05) is 43.0 Å². The van der Waals surface area contributed by atoms with E-state index in [1.807, 2.05) is 0 Å². The molecule has 0 aliphatic rings. The minimum absolute atomic E-state index is 0.0648. The summed E-state index contributed by atoms with van der Waals surface area (Å²) in [5.74, 6) is 0. The van der Waals surface area contributed by atoms with Gasteiger partial charge in [-0.05, 0) is 0 Å². The second-order valence-electron chi connectivity index (χ2n) is 2.73. The summed E-state index contributed by atoms with van der Waals surface area (Å²) in [6, 6.07) is 6.36. The Morgan fingerprint density at radius 2 is 1.88 bits per heavy atom. The van der Waals surface area contributed by atoms with Gasteiger partial charge in [0.1, 0.15) is 6.61 Å². The zero-order valence-corrected chi connectivity index (χ0v) is 8.78. The predicted octanol–water partition coefficient (Wildman–Crippen LogP) is 3.57.